The van der Waals surface area contributed by atoms with Gasteiger partial charge in [-0.15, -0.1) is 0 Å². The molecule has 0 amide bonds. The Labute approximate surface area is 306 Å². The summed E-state index contributed by atoms with van der Waals surface area (Å²) in [7, 11) is 0. The summed E-state index contributed by atoms with van der Waals surface area (Å²) in [4.78, 5) is 36.0. The van der Waals surface area contributed by atoms with Crippen LogP contribution in [0.1, 0.15) is 113 Å². The second-order valence-corrected chi connectivity index (χ2v) is 14.1. The van der Waals surface area contributed by atoms with Crippen LogP contribution in [0.3, 0.4) is 0 Å². The second-order valence-electron chi connectivity index (χ2n) is 14.1. The summed E-state index contributed by atoms with van der Waals surface area (Å²) < 4.78 is 51.6. The van der Waals surface area contributed by atoms with Crippen molar-refractivity contribution in [3.8, 4) is 0 Å². The summed E-state index contributed by atoms with van der Waals surface area (Å²) in [6.45, 7) is 10.6. The lowest BCUT2D eigenvalue weighted by molar-refractivity contribution is -0.374. The van der Waals surface area contributed by atoms with E-state index in [9.17, 15) is 34.8 Å². The zero-order valence-corrected chi connectivity index (χ0v) is 31.6. The molecule has 0 radical (unpaired) electrons. The zero-order chi connectivity index (χ0) is 38.5. The quantitative estimate of drug-likeness (QED) is 0.0846. The summed E-state index contributed by atoms with van der Waals surface area (Å²) in [5, 5.41) is 44.3. The standard InChI is InChI=1S/C36H62O16/c1-8-9-10-11-12-13-14-15-16-17-18-44-34-27(42)26(41)29(20(3)46-34)51-35-28(43)32(30(21(4)47-35)48-22(5)37)52-36-33(50-24(7)39)31(49-23(6)38)25(40)19(2)45-36/h19-21,25-36,40-43H,8-18H2,1-7H3/t19-,20-,21-,25-,26+,27+,28+,29-,30-,31+,32-,33+,34+,35-,36-/m0/s1. The predicted octanol–water partition coefficient (Wildman–Crippen LogP) is 2.17. The molecule has 3 aliphatic rings. The van der Waals surface area contributed by atoms with Crippen LogP contribution in [0.2, 0.25) is 0 Å². The summed E-state index contributed by atoms with van der Waals surface area (Å²) in [6, 6.07) is 0. The van der Waals surface area contributed by atoms with Crippen LogP contribution in [-0.4, -0.2) is 137 Å². The molecule has 0 aromatic carbocycles. The van der Waals surface area contributed by atoms with E-state index in [-0.39, 0.29) is 0 Å². The fourth-order valence-electron chi connectivity index (χ4n) is 6.78. The van der Waals surface area contributed by atoms with Crippen LogP contribution in [0.4, 0.5) is 0 Å². The van der Waals surface area contributed by atoms with Crippen LogP contribution < -0.4 is 0 Å². The highest BCUT2D eigenvalue weighted by atomic mass is 16.8. The molecule has 0 aromatic heterocycles. The number of carbonyl (C=O) groups is 3. The van der Waals surface area contributed by atoms with E-state index in [1.165, 1.54) is 58.8 Å². The van der Waals surface area contributed by atoms with E-state index < -0.39 is 110 Å². The van der Waals surface area contributed by atoms with Gasteiger partial charge in [0, 0.05) is 27.4 Å². The molecule has 15 atom stereocenters. The van der Waals surface area contributed by atoms with Crippen molar-refractivity contribution < 1.29 is 77.4 Å². The van der Waals surface area contributed by atoms with Gasteiger partial charge >= 0.3 is 17.9 Å². The van der Waals surface area contributed by atoms with Crippen molar-refractivity contribution in [2.24, 2.45) is 0 Å². The molecule has 0 aromatic rings. The van der Waals surface area contributed by atoms with E-state index in [0.717, 1.165) is 40.0 Å². The van der Waals surface area contributed by atoms with Crippen LogP contribution >= 0.6 is 0 Å². The SMILES string of the molecule is CCCCCCCCCCCCO[C@@H]1O[C@@H](C)[C@H](O[C@@H]2O[C@@H](C)[C@H](OC(C)=O)[C@@H](O[C@@H]3O[C@@H](C)[C@H](O)[C@@H](OC(C)=O)[C@H]3OC(C)=O)[C@H]2O)[C@H](O)[C@H]1O. The summed E-state index contributed by atoms with van der Waals surface area (Å²) in [5.74, 6) is -2.29. The summed E-state index contributed by atoms with van der Waals surface area (Å²) >= 11 is 0. The number of hydrogen-bond donors (Lipinski definition) is 4. The lowest BCUT2D eigenvalue weighted by atomic mass is 9.96. The normalized spacial score (nSPS) is 38.0. The first-order valence-electron chi connectivity index (χ1n) is 18.8. The monoisotopic (exact) mass is 750 g/mol. The molecule has 0 spiro atoms. The maximum atomic E-state index is 12.1. The van der Waals surface area contributed by atoms with Gasteiger partial charge in [0.1, 0.15) is 36.6 Å². The lowest BCUT2D eigenvalue weighted by Crippen LogP contribution is -2.66. The van der Waals surface area contributed by atoms with E-state index in [1.54, 1.807) is 6.92 Å². The van der Waals surface area contributed by atoms with Crippen molar-refractivity contribution in [1.82, 2.24) is 0 Å². The molecular weight excluding hydrogens is 688 g/mol. The molecule has 16 heteroatoms. The minimum Gasteiger partial charge on any atom is -0.457 e. The maximum absolute atomic E-state index is 12.1. The van der Waals surface area contributed by atoms with E-state index in [4.69, 9.17) is 42.6 Å². The number of rotatable bonds is 19. The highest BCUT2D eigenvalue weighted by molar-refractivity contribution is 5.67. The van der Waals surface area contributed by atoms with Crippen LogP contribution in [0, 0.1) is 0 Å². The third-order valence-corrected chi connectivity index (χ3v) is 9.55. The van der Waals surface area contributed by atoms with Gasteiger partial charge in [0.2, 0.25) is 0 Å². The first-order chi connectivity index (χ1) is 24.7. The number of aliphatic hydroxyl groups excluding tert-OH is 4. The average molecular weight is 751 g/mol. The summed E-state index contributed by atoms with van der Waals surface area (Å²) in [5.41, 5.74) is 0. The topological polar surface area (TPSA) is 215 Å². The Kier molecular flexibility index (Phi) is 18.6. The third kappa shape index (κ3) is 12.8. The fourth-order valence-corrected chi connectivity index (χ4v) is 6.78. The molecule has 3 saturated heterocycles. The van der Waals surface area contributed by atoms with Gasteiger partial charge in [-0.05, 0) is 27.2 Å². The van der Waals surface area contributed by atoms with Crippen LogP contribution in [-0.2, 0) is 57.0 Å². The van der Waals surface area contributed by atoms with Crippen molar-refractivity contribution in [1.29, 1.82) is 0 Å². The molecule has 16 nitrogen and oxygen atoms in total. The minimum absolute atomic E-state index is 0.341. The highest BCUT2D eigenvalue weighted by Gasteiger charge is 2.55. The van der Waals surface area contributed by atoms with E-state index in [2.05, 4.69) is 6.92 Å². The van der Waals surface area contributed by atoms with Gasteiger partial charge in [0.15, 0.2) is 37.2 Å². The molecule has 3 heterocycles. The smallest absolute Gasteiger partial charge is 0.303 e. The number of esters is 3. The Morgan fingerprint density at radius 1 is 0.481 bits per heavy atom. The predicted molar refractivity (Wildman–Crippen MR) is 181 cm³/mol. The van der Waals surface area contributed by atoms with Crippen molar-refractivity contribution >= 4 is 17.9 Å². The van der Waals surface area contributed by atoms with Gasteiger partial charge in [-0.25, -0.2) is 0 Å². The minimum atomic E-state index is -1.72. The van der Waals surface area contributed by atoms with Crippen LogP contribution in [0.15, 0.2) is 0 Å². The van der Waals surface area contributed by atoms with E-state index in [0.29, 0.717) is 6.61 Å². The highest BCUT2D eigenvalue weighted by Crippen LogP contribution is 2.35. The molecule has 0 saturated carbocycles. The molecule has 3 aliphatic heterocycles. The third-order valence-electron chi connectivity index (χ3n) is 9.55. The Hall–Kier alpha value is -1.99. The molecule has 4 N–H and O–H groups in total. The first kappa shape index (κ1) is 44.4. The number of carbonyl (C=O) groups excluding carboxylic acids is 3. The number of ether oxygens (including phenoxy) is 9. The van der Waals surface area contributed by atoms with Crippen LogP contribution in [0.5, 0.6) is 0 Å². The first-order valence-corrected chi connectivity index (χ1v) is 18.8. The molecule has 0 bridgehead atoms. The molecular formula is C36H62O16. The Balaban J connectivity index is 1.65. The van der Waals surface area contributed by atoms with Gasteiger partial charge in [-0.2, -0.15) is 0 Å². The van der Waals surface area contributed by atoms with Crippen molar-refractivity contribution in [3.63, 3.8) is 0 Å². The Bertz CT molecular complexity index is 1090. The molecule has 0 aliphatic carbocycles. The van der Waals surface area contributed by atoms with Crippen molar-refractivity contribution in [2.75, 3.05) is 6.61 Å². The number of aliphatic hydroxyl groups is 4. The molecule has 0 unspecified atom stereocenters. The number of hydrogen-bond acceptors (Lipinski definition) is 16. The molecule has 3 rings (SSSR count). The van der Waals surface area contributed by atoms with Gasteiger partial charge in [0.05, 0.1) is 18.3 Å². The van der Waals surface area contributed by atoms with Gasteiger partial charge < -0.3 is 63.1 Å². The lowest BCUT2D eigenvalue weighted by Gasteiger charge is -2.48. The molecule has 3 fully saturated rings. The van der Waals surface area contributed by atoms with Crippen molar-refractivity contribution in [2.45, 2.75) is 205 Å². The fraction of sp³-hybridized carbons (Fsp3) is 0.917. The Morgan fingerprint density at radius 2 is 0.942 bits per heavy atom. The van der Waals surface area contributed by atoms with Gasteiger partial charge in [0.25, 0.3) is 0 Å². The maximum Gasteiger partial charge on any atom is 0.303 e. The zero-order valence-electron chi connectivity index (χ0n) is 31.6. The molecule has 302 valence electrons. The second kappa shape index (κ2) is 21.8. The van der Waals surface area contributed by atoms with Crippen LogP contribution in [0.25, 0.3) is 0 Å². The van der Waals surface area contributed by atoms with Crippen molar-refractivity contribution in [3.05, 3.63) is 0 Å². The molecule has 52 heavy (non-hydrogen) atoms. The average Bonchev–Trinajstić information content (AvgIpc) is 3.07. The summed E-state index contributed by atoms with van der Waals surface area (Å²) in [6.07, 6.45) is -8.24. The van der Waals surface area contributed by atoms with Gasteiger partial charge in [-0.3, -0.25) is 14.4 Å². The van der Waals surface area contributed by atoms with E-state index in [1.807, 2.05) is 0 Å². The Morgan fingerprint density at radius 3 is 1.52 bits per heavy atom. The van der Waals surface area contributed by atoms with Gasteiger partial charge in [-0.1, -0.05) is 64.7 Å². The van der Waals surface area contributed by atoms with E-state index >= 15 is 0 Å². The largest absolute Gasteiger partial charge is 0.457 e. The number of unbranched alkanes of at least 4 members (excludes halogenated alkanes) is 9.